The molecule has 0 spiro atoms. The zero-order valence-electron chi connectivity index (χ0n) is 67.8. The molecule has 14 nitrogen and oxygen atoms in total. The smallest absolute Gasteiger partial charge is 0.399 e. The summed E-state index contributed by atoms with van der Waals surface area (Å²) in [5.74, 6) is -1.33. The lowest BCUT2D eigenvalue weighted by Gasteiger charge is -2.37. The van der Waals surface area contributed by atoms with Gasteiger partial charge in [0, 0.05) is 45.1 Å². The molecule has 18 heteroatoms. The van der Waals surface area contributed by atoms with E-state index in [9.17, 15) is 0 Å². The van der Waals surface area contributed by atoms with Crippen LogP contribution in [-0.2, 0) is 37.2 Å². The van der Waals surface area contributed by atoms with Crippen LogP contribution in [0.25, 0.3) is 75.4 Å². The quantitative estimate of drug-likeness (QED) is 0.0139. The highest BCUT2D eigenvalue weighted by molar-refractivity contribution is 6.70. The van der Waals surface area contributed by atoms with E-state index in [4.69, 9.17) is 37.2 Å². The van der Waals surface area contributed by atoms with E-state index in [-0.39, 0.29) is 35.7 Å². The molecule has 0 N–H and O–H groups in total. The van der Waals surface area contributed by atoms with Crippen molar-refractivity contribution >= 4 is 149 Å². The Morgan fingerprint density at radius 3 is 0.632 bits per heavy atom. The first kappa shape index (κ1) is 77.1. The summed E-state index contributed by atoms with van der Waals surface area (Å²) in [7, 11) is -4.00. The van der Waals surface area contributed by atoms with Crippen LogP contribution in [0.3, 0.4) is 0 Å². The zero-order chi connectivity index (χ0) is 75.9. The Balaban J connectivity index is 1.08. The molecule has 0 bridgehead atoms. The molecule has 0 aromatic heterocycles. The lowest BCUT2D eigenvalue weighted by molar-refractivity contribution is 0.00578. The van der Waals surface area contributed by atoms with Crippen LogP contribution in [0.5, 0.6) is 0 Å². The molecule has 564 valence electrons. The van der Waals surface area contributed by atoms with E-state index in [2.05, 4.69) is 76.2 Å². The van der Waals surface area contributed by atoms with Crippen LogP contribution < -0.4 is 21.9 Å². The van der Waals surface area contributed by atoms with Gasteiger partial charge in [-0.2, -0.15) is 0 Å². The topological polar surface area (TPSA) is 149 Å². The number of hydrogen-bond donors (Lipinski definition) is 0. The number of rotatable bonds is 30. The second-order valence-corrected chi connectivity index (χ2v) is 36.6. The molecule has 0 radical (unpaired) electrons. The number of carbonyl (C=O) groups is 4. The van der Waals surface area contributed by atoms with Gasteiger partial charge in [0.1, 0.15) is 0 Å². The monoisotopic (exact) mass is 1440 g/mol. The third-order valence-electron chi connectivity index (χ3n) is 27.3. The average Bonchev–Trinajstić information content (AvgIpc) is 0.707. The molecular formula is C88H118B4N2O12. The lowest BCUT2D eigenvalue weighted by Crippen LogP contribution is -2.53. The van der Waals surface area contributed by atoms with E-state index < -0.39 is 73.3 Å². The molecular weight excluding hydrogens is 1320 g/mol. The van der Waals surface area contributed by atoms with Crippen LogP contribution in [0.15, 0.2) is 48.5 Å². The molecule has 4 fully saturated rings. The largest absolute Gasteiger partial charge is 0.495 e. The average molecular weight is 1440 g/mol. The third-order valence-corrected chi connectivity index (χ3v) is 27.3. The molecule has 8 aromatic rings. The second-order valence-electron chi connectivity index (χ2n) is 36.6. The van der Waals surface area contributed by atoms with Gasteiger partial charge in [-0.3, -0.25) is 29.0 Å². The predicted molar refractivity (Wildman–Crippen MR) is 436 cm³/mol. The summed E-state index contributed by atoms with van der Waals surface area (Å²) in [5, 5.41) is 11.6. The molecule has 6 aliphatic rings. The summed E-state index contributed by atoms with van der Waals surface area (Å²) in [5.41, 5.74) is -2.43. The molecule has 4 amide bonds. The molecule has 0 aliphatic carbocycles. The fraction of sp³-hybridized carbons (Fsp3) is 0.614. The molecule has 0 saturated carbocycles. The van der Waals surface area contributed by atoms with Crippen molar-refractivity contribution in [2.24, 2.45) is 0 Å². The minimum atomic E-state index is -0.999. The van der Waals surface area contributed by atoms with Crippen LogP contribution in [0.2, 0.25) is 0 Å². The van der Waals surface area contributed by atoms with Crippen LogP contribution in [0, 0.1) is 0 Å². The SMILES string of the molecule is CCCCCCCC(CCCCCCC)N1C(=O)c2c(B3OC(C)(C)C(C)(C)O3)cc3c4ccc5c6cc(B7OC(C)(C)C(C)(C)O7)c7c8c(c(B9OC(C)(C)C(C)(C)O9)cc(c9ccc(c%10cc(B%11OC(C)(C)C(C)(C)O%11)c(c2c3%10)C1=O)c4c59)c86)C(=O)N(C(CCCCCCC)CCCCCCC)C7=O. The summed E-state index contributed by atoms with van der Waals surface area (Å²) in [6, 6.07) is 16.6. The molecule has 14 rings (SSSR count). The van der Waals surface area contributed by atoms with Gasteiger partial charge in [-0.1, -0.05) is 205 Å². The normalized spacial score (nSPS) is 20.7. The van der Waals surface area contributed by atoms with Crippen molar-refractivity contribution in [3.8, 4) is 0 Å². The van der Waals surface area contributed by atoms with Crippen molar-refractivity contribution < 1.29 is 56.4 Å². The number of nitrogens with zero attached hydrogens (tertiary/aromatic N) is 2. The molecule has 106 heavy (non-hydrogen) atoms. The van der Waals surface area contributed by atoms with Gasteiger partial charge in [0.2, 0.25) is 0 Å². The van der Waals surface area contributed by atoms with Gasteiger partial charge in [0.05, 0.1) is 44.8 Å². The van der Waals surface area contributed by atoms with Gasteiger partial charge in [0.15, 0.2) is 0 Å². The molecule has 6 aliphatic heterocycles. The Bertz CT molecular complexity index is 4130. The number of imide groups is 2. The Morgan fingerprint density at radius 2 is 0.443 bits per heavy atom. The van der Waals surface area contributed by atoms with Crippen molar-refractivity contribution in [3.05, 3.63) is 70.8 Å². The van der Waals surface area contributed by atoms with E-state index in [0.717, 1.165) is 193 Å². The Labute approximate surface area is 632 Å². The van der Waals surface area contributed by atoms with E-state index in [1.54, 1.807) is 9.80 Å². The number of unbranched alkanes of at least 4 members (excludes halogenated alkanes) is 16. The maximum Gasteiger partial charge on any atom is 0.495 e. The van der Waals surface area contributed by atoms with Crippen LogP contribution in [0.1, 0.15) is 334 Å². The van der Waals surface area contributed by atoms with Gasteiger partial charge >= 0.3 is 28.5 Å². The summed E-state index contributed by atoms with van der Waals surface area (Å²) >= 11 is 0. The standard InChI is InChI=1S/C88H118B4N2O12/c1-21-25-29-33-37-41-53(42-38-34-30-26-22-2)93-77(95)71-63(89-99-81(5,6)82(7,8)100-89)49-59-55-45-47-57-61-51-65(91-103-85(13,14)86(15,16)104-91)73-76-70(61)62(58-48-46-56(67(55)68(57)58)60-50-64(72(78(93)96)75(71)69(59)60)90-101-83(9,10)84(11,12)102-90)52-66(92-105-87(17,18)88(19,20)106-92)74(76)80(98)94(79(73)97)54(43-39-35-31-27-23-3)44-40-36-32-28-24-4/h45-54H,21-44H2,1-20H3. The number of benzene rings is 8. The summed E-state index contributed by atoms with van der Waals surface area (Å²) in [4.78, 5) is 70.2. The molecule has 4 saturated heterocycles. The van der Waals surface area contributed by atoms with Crippen molar-refractivity contribution in [3.63, 3.8) is 0 Å². The zero-order valence-corrected chi connectivity index (χ0v) is 67.8. The van der Waals surface area contributed by atoms with Gasteiger partial charge in [-0.05, 0) is 223 Å². The van der Waals surface area contributed by atoms with Crippen LogP contribution in [0.4, 0.5) is 0 Å². The Kier molecular flexibility index (Phi) is 20.5. The first-order valence-electron chi connectivity index (χ1n) is 41.2. The molecule has 0 atom stereocenters. The number of hydrogen-bond acceptors (Lipinski definition) is 12. The van der Waals surface area contributed by atoms with Crippen molar-refractivity contribution in [2.75, 3.05) is 0 Å². The van der Waals surface area contributed by atoms with Crippen LogP contribution in [-0.4, -0.2) is 119 Å². The number of carbonyl (C=O) groups excluding carboxylic acids is 4. The fourth-order valence-electron chi connectivity index (χ4n) is 18.2. The van der Waals surface area contributed by atoms with E-state index in [1.807, 2.05) is 111 Å². The first-order chi connectivity index (χ1) is 50.1. The third kappa shape index (κ3) is 12.6. The van der Waals surface area contributed by atoms with Gasteiger partial charge in [-0.25, -0.2) is 0 Å². The van der Waals surface area contributed by atoms with Crippen molar-refractivity contribution in [2.45, 2.75) is 349 Å². The van der Waals surface area contributed by atoms with Crippen molar-refractivity contribution in [1.29, 1.82) is 0 Å². The summed E-state index contributed by atoms with van der Waals surface area (Å²) < 4.78 is 57.3. The maximum atomic E-state index is 16.7. The van der Waals surface area contributed by atoms with Gasteiger partial charge in [0.25, 0.3) is 23.6 Å². The predicted octanol–water partition coefficient (Wildman–Crippen LogP) is 19.2. The van der Waals surface area contributed by atoms with Gasteiger partial charge < -0.3 is 37.2 Å². The highest BCUT2D eigenvalue weighted by Crippen LogP contribution is 2.53. The molecule has 6 heterocycles. The minimum Gasteiger partial charge on any atom is -0.399 e. The lowest BCUT2D eigenvalue weighted by atomic mass is 9.66. The Hall–Kier alpha value is -5.68. The molecule has 0 unspecified atom stereocenters. The van der Waals surface area contributed by atoms with Crippen LogP contribution >= 0.6 is 0 Å². The number of amides is 4. The van der Waals surface area contributed by atoms with E-state index in [1.165, 1.54) is 0 Å². The van der Waals surface area contributed by atoms with E-state index >= 15 is 19.2 Å². The minimum absolute atomic E-state index is 0.332. The summed E-state index contributed by atoms with van der Waals surface area (Å²) in [6.07, 6.45) is 23.8. The fourth-order valence-corrected chi connectivity index (χ4v) is 18.2. The highest BCUT2D eigenvalue weighted by Gasteiger charge is 2.60. The first-order valence-corrected chi connectivity index (χ1v) is 41.2. The van der Waals surface area contributed by atoms with Gasteiger partial charge in [-0.15, -0.1) is 0 Å². The van der Waals surface area contributed by atoms with Crippen molar-refractivity contribution in [1.82, 2.24) is 9.80 Å². The maximum absolute atomic E-state index is 16.7. The summed E-state index contributed by atoms with van der Waals surface area (Å²) in [6.45, 7) is 41.6. The molecule has 8 aromatic carbocycles. The van der Waals surface area contributed by atoms with E-state index in [0.29, 0.717) is 80.6 Å². The second kappa shape index (κ2) is 28.3. The highest BCUT2D eigenvalue weighted by atomic mass is 16.7. The Morgan fingerprint density at radius 1 is 0.264 bits per heavy atom. The number of fused-ring (bicyclic) bond motifs is 4.